The summed E-state index contributed by atoms with van der Waals surface area (Å²) in [5.41, 5.74) is 6.82. The highest BCUT2D eigenvalue weighted by atomic mass is 16.1. The molecule has 0 unspecified atom stereocenters. The highest BCUT2D eigenvalue weighted by Crippen LogP contribution is 2.35. The zero-order chi connectivity index (χ0) is 25.4. The van der Waals surface area contributed by atoms with E-state index in [0.717, 1.165) is 40.9 Å². The molecule has 0 saturated heterocycles. The summed E-state index contributed by atoms with van der Waals surface area (Å²) >= 11 is 0. The van der Waals surface area contributed by atoms with Crippen molar-refractivity contribution in [3.8, 4) is 0 Å². The van der Waals surface area contributed by atoms with Crippen LogP contribution in [0.2, 0.25) is 0 Å². The number of anilines is 1. The molecule has 9 heteroatoms. The van der Waals surface area contributed by atoms with Crippen LogP contribution >= 0.6 is 0 Å². The molecule has 4 aromatic heterocycles. The topological polar surface area (TPSA) is 106 Å². The Morgan fingerprint density at radius 1 is 1.05 bits per heavy atom. The van der Waals surface area contributed by atoms with Gasteiger partial charge in [-0.1, -0.05) is 44.2 Å². The number of rotatable bonds is 7. The molecule has 188 valence electrons. The zero-order valence-electron chi connectivity index (χ0n) is 21.1. The molecule has 1 aliphatic carbocycles. The van der Waals surface area contributed by atoms with Crippen molar-refractivity contribution in [3.63, 3.8) is 0 Å². The van der Waals surface area contributed by atoms with Gasteiger partial charge in [0.05, 0.1) is 30.7 Å². The number of H-pyrrole nitrogens is 1. The molecule has 1 aromatic carbocycles. The molecule has 9 nitrogen and oxygen atoms in total. The number of aromatic amines is 1. The average Bonchev–Trinajstić information content (AvgIpc) is 3.48. The molecule has 0 radical (unpaired) electrons. The third-order valence-corrected chi connectivity index (χ3v) is 7.15. The molecule has 6 rings (SSSR count). The summed E-state index contributed by atoms with van der Waals surface area (Å²) in [5, 5.41) is 16.8. The third-order valence-electron chi connectivity index (χ3n) is 7.15. The van der Waals surface area contributed by atoms with Gasteiger partial charge in [0.15, 0.2) is 5.65 Å². The van der Waals surface area contributed by atoms with Gasteiger partial charge in [-0.3, -0.25) is 14.6 Å². The van der Waals surface area contributed by atoms with E-state index in [0.29, 0.717) is 30.7 Å². The van der Waals surface area contributed by atoms with Gasteiger partial charge in [0, 0.05) is 24.2 Å². The smallest absolute Gasteiger partial charge is 0.250 e. The second-order valence-electron chi connectivity index (χ2n) is 10.6. The molecule has 0 fully saturated rings. The van der Waals surface area contributed by atoms with Crippen molar-refractivity contribution in [1.82, 2.24) is 34.5 Å². The average molecular weight is 495 g/mol. The Kier molecular flexibility index (Phi) is 5.82. The van der Waals surface area contributed by atoms with Crippen molar-refractivity contribution in [2.45, 2.75) is 52.7 Å². The number of hydrogen-bond donors (Lipinski definition) is 2. The minimum absolute atomic E-state index is 0.00329. The van der Waals surface area contributed by atoms with Crippen LogP contribution in [0.15, 0.2) is 66.0 Å². The van der Waals surface area contributed by atoms with Crippen LogP contribution in [0.1, 0.15) is 48.3 Å². The summed E-state index contributed by atoms with van der Waals surface area (Å²) in [5.74, 6) is 0.757. The minimum Gasteiger partial charge on any atom is -0.364 e. The largest absolute Gasteiger partial charge is 0.364 e. The van der Waals surface area contributed by atoms with Gasteiger partial charge in [-0.15, -0.1) is 0 Å². The molecule has 0 amide bonds. The van der Waals surface area contributed by atoms with E-state index in [-0.39, 0.29) is 5.56 Å². The van der Waals surface area contributed by atoms with E-state index in [1.165, 1.54) is 17.7 Å². The summed E-state index contributed by atoms with van der Waals surface area (Å²) in [6.07, 6.45) is 8.59. The van der Waals surface area contributed by atoms with Crippen LogP contribution in [-0.2, 0) is 32.5 Å². The molecule has 0 aliphatic heterocycles. The first-order valence-electron chi connectivity index (χ1n) is 12.6. The molecule has 0 spiro atoms. The fourth-order valence-electron chi connectivity index (χ4n) is 5.06. The highest BCUT2D eigenvalue weighted by molar-refractivity contribution is 5.85. The zero-order valence-corrected chi connectivity index (χ0v) is 21.1. The number of nitrogens with zero attached hydrogens (tertiary/aromatic N) is 6. The van der Waals surface area contributed by atoms with E-state index in [9.17, 15) is 4.79 Å². The van der Waals surface area contributed by atoms with Crippen molar-refractivity contribution in [2.24, 2.45) is 5.41 Å². The first kappa shape index (κ1) is 23.1. The molecule has 2 N–H and O–H groups in total. The van der Waals surface area contributed by atoms with Crippen molar-refractivity contribution in [1.29, 1.82) is 0 Å². The molecular weight excluding hydrogens is 464 g/mol. The van der Waals surface area contributed by atoms with Crippen molar-refractivity contribution < 1.29 is 0 Å². The lowest BCUT2D eigenvalue weighted by atomic mass is 9.76. The monoisotopic (exact) mass is 494 g/mol. The number of hydrogen-bond acceptors (Lipinski definition) is 6. The molecule has 0 atom stereocenters. The van der Waals surface area contributed by atoms with Gasteiger partial charge < -0.3 is 9.88 Å². The lowest BCUT2D eigenvalue weighted by Gasteiger charge is -2.29. The van der Waals surface area contributed by atoms with Crippen LogP contribution in [0, 0.1) is 5.41 Å². The van der Waals surface area contributed by atoms with Gasteiger partial charge in [0.25, 0.3) is 5.56 Å². The number of nitrogens with one attached hydrogen (secondary N) is 2. The van der Waals surface area contributed by atoms with E-state index in [1.54, 1.807) is 29.2 Å². The number of benzene rings is 1. The summed E-state index contributed by atoms with van der Waals surface area (Å²) in [6, 6.07) is 13.4. The van der Waals surface area contributed by atoms with E-state index >= 15 is 0 Å². The fourth-order valence-corrected chi connectivity index (χ4v) is 5.06. The number of aromatic nitrogens is 7. The lowest BCUT2D eigenvalue weighted by Crippen LogP contribution is -2.22. The molecule has 4 heterocycles. The molecule has 0 saturated carbocycles. The quantitative estimate of drug-likeness (QED) is 0.355. The number of fused-ring (bicyclic) bond motifs is 2. The molecule has 37 heavy (non-hydrogen) atoms. The normalized spacial score (nSPS) is 14.5. The Hall–Kier alpha value is -4.27. The Bertz CT molecular complexity index is 1610. The van der Waals surface area contributed by atoms with Crippen LogP contribution in [0.25, 0.3) is 11.0 Å². The Morgan fingerprint density at radius 3 is 2.68 bits per heavy atom. The van der Waals surface area contributed by atoms with Crippen LogP contribution in [-0.4, -0.2) is 34.5 Å². The maximum Gasteiger partial charge on any atom is 0.250 e. The third kappa shape index (κ3) is 4.89. The highest BCUT2D eigenvalue weighted by Gasteiger charge is 2.28. The van der Waals surface area contributed by atoms with E-state index in [1.807, 2.05) is 16.9 Å². The van der Waals surface area contributed by atoms with Crippen molar-refractivity contribution in [3.05, 3.63) is 99.6 Å². The van der Waals surface area contributed by atoms with Crippen LogP contribution in [0.3, 0.4) is 0 Å². The van der Waals surface area contributed by atoms with E-state index < -0.39 is 0 Å². The van der Waals surface area contributed by atoms with Gasteiger partial charge in [-0.2, -0.15) is 10.2 Å². The molecule has 5 aromatic rings. The Labute approximate surface area is 214 Å². The van der Waals surface area contributed by atoms with Crippen LogP contribution in [0.5, 0.6) is 0 Å². The van der Waals surface area contributed by atoms with Gasteiger partial charge in [0.2, 0.25) is 0 Å². The van der Waals surface area contributed by atoms with Gasteiger partial charge in [0.1, 0.15) is 12.1 Å². The van der Waals surface area contributed by atoms with Crippen molar-refractivity contribution >= 4 is 16.9 Å². The summed E-state index contributed by atoms with van der Waals surface area (Å²) in [6.45, 7) is 6.39. The van der Waals surface area contributed by atoms with Crippen LogP contribution < -0.4 is 10.9 Å². The second-order valence-corrected chi connectivity index (χ2v) is 10.6. The van der Waals surface area contributed by atoms with E-state index in [4.69, 9.17) is 0 Å². The standard InChI is InChI=1S/C28H30N8O/c1-28(2)11-10-21-23(13-28)32-33-24(21)14-29-26-22-17-36(34-27(22)31-18-30-26)16-20-8-6-19(7-9-20)15-35-12-4-3-5-25(35)37/h3-9,12,17-18H,10-11,13-16H2,1-2H3,(H,32,33)(H,29,30,31,34). The lowest BCUT2D eigenvalue weighted by molar-refractivity contribution is 0.312. The first-order chi connectivity index (χ1) is 17.9. The SMILES string of the molecule is CC1(C)CCc2c(CNc3ncnc4nn(Cc5ccc(Cn6ccccc6=O)cc5)cc34)n[nH]c2C1. The molecule has 1 aliphatic rings. The summed E-state index contributed by atoms with van der Waals surface area (Å²) in [4.78, 5) is 20.8. The van der Waals surface area contributed by atoms with E-state index in [2.05, 4.69) is 68.7 Å². The number of pyridine rings is 1. The van der Waals surface area contributed by atoms with Gasteiger partial charge >= 0.3 is 0 Å². The Morgan fingerprint density at radius 2 is 1.86 bits per heavy atom. The summed E-state index contributed by atoms with van der Waals surface area (Å²) < 4.78 is 3.59. The van der Waals surface area contributed by atoms with Crippen LogP contribution in [0.4, 0.5) is 5.82 Å². The van der Waals surface area contributed by atoms with Gasteiger partial charge in [-0.25, -0.2) is 9.97 Å². The maximum absolute atomic E-state index is 12.0. The van der Waals surface area contributed by atoms with Gasteiger partial charge in [-0.05, 0) is 47.4 Å². The molecule has 0 bridgehead atoms. The minimum atomic E-state index is -0.00329. The maximum atomic E-state index is 12.0. The fraction of sp³-hybridized carbons (Fsp3) is 0.321. The Balaban J connectivity index is 1.15. The predicted molar refractivity (Wildman–Crippen MR) is 142 cm³/mol. The summed E-state index contributed by atoms with van der Waals surface area (Å²) in [7, 11) is 0. The van der Waals surface area contributed by atoms with Crippen molar-refractivity contribution in [2.75, 3.05) is 5.32 Å². The predicted octanol–water partition coefficient (Wildman–Crippen LogP) is 3.93. The molecular formula is C28H30N8O. The first-order valence-corrected chi connectivity index (χ1v) is 12.6. The second kappa shape index (κ2) is 9.31.